The highest BCUT2D eigenvalue weighted by Crippen LogP contribution is 2.40. The summed E-state index contributed by atoms with van der Waals surface area (Å²) < 4.78 is 22.4. The van der Waals surface area contributed by atoms with E-state index in [2.05, 4.69) is 22.0 Å². The topological polar surface area (TPSA) is 43.4 Å². The molecule has 0 spiro atoms. The van der Waals surface area contributed by atoms with Crippen LogP contribution in [-0.2, 0) is 0 Å². The lowest BCUT2D eigenvalue weighted by atomic mass is 9.78. The van der Waals surface area contributed by atoms with Crippen LogP contribution in [0.5, 0.6) is 23.0 Å². The van der Waals surface area contributed by atoms with Crippen LogP contribution in [0.1, 0.15) is 39.5 Å². The summed E-state index contributed by atoms with van der Waals surface area (Å²) in [7, 11) is 0. The number of anilines is 2. The molecule has 2 aromatic carbocycles. The van der Waals surface area contributed by atoms with Gasteiger partial charge in [-0.2, -0.15) is 0 Å². The van der Waals surface area contributed by atoms with E-state index < -0.39 is 0 Å². The lowest BCUT2D eigenvalue weighted by Crippen LogP contribution is -2.41. The van der Waals surface area contributed by atoms with Crippen LogP contribution in [0.3, 0.4) is 0 Å². The summed E-state index contributed by atoms with van der Waals surface area (Å²) in [4.78, 5) is 4.79. The van der Waals surface area contributed by atoms with Gasteiger partial charge in [-0.3, -0.25) is 0 Å². The van der Waals surface area contributed by atoms with Gasteiger partial charge in [0.1, 0.15) is 29.5 Å². The van der Waals surface area contributed by atoms with Crippen molar-refractivity contribution in [2.45, 2.75) is 39.5 Å². The quantitative estimate of drug-likeness (QED) is 0.431. The molecule has 2 saturated heterocycles. The van der Waals surface area contributed by atoms with Gasteiger partial charge < -0.3 is 28.7 Å². The predicted octanol–water partition coefficient (Wildman–Crippen LogP) is 5.56. The van der Waals surface area contributed by atoms with Crippen molar-refractivity contribution in [2.75, 3.05) is 49.2 Å². The first-order valence-corrected chi connectivity index (χ1v) is 12.9. The van der Waals surface area contributed by atoms with Crippen LogP contribution < -0.4 is 28.7 Å². The highest BCUT2D eigenvalue weighted by Gasteiger charge is 2.31. The van der Waals surface area contributed by atoms with E-state index in [9.17, 15) is 0 Å². The van der Waals surface area contributed by atoms with E-state index in [1.54, 1.807) is 0 Å². The summed E-state index contributed by atoms with van der Waals surface area (Å²) in [5, 5.41) is 0. The zero-order valence-electron chi connectivity index (χ0n) is 21.4. The Kier molecular flexibility index (Phi) is 8.74. The Morgan fingerprint density at radius 3 is 1.75 bits per heavy atom. The lowest BCUT2D eigenvalue weighted by Gasteiger charge is -2.41. The fraction of sp³-hybridized carbons (Fsp3) is 0.467. The third kappa shape index (κ3) is 5.94. The van der Waals surface area contributed by atoms with Crippen molar-refractivity contribution in [2.24, 2.45) is 11.8 Å². The van der Waals surface area contributed by atoms with E-state index in [0.29, 0.717) is 24.7 Å². The molecular formula is C30H36N2O4. The number of benzene rings is 2. The molecular weight excluding hydrogens is 452 g/mol. The Morgan fingerprint density at radius 1 is 0.694 bits per heavy atom. The Labute approximate surface area is 215 Å². The Balaban J connectivity index is 1.36. The number of piperidine rings is 2. The van der Waals surface area contributed by atoms with Crippen LogP contribution in [-0.4, -0.2) is 39.4 Å². The maximum Gasteiger partial charge on any atom is 0.163 e. The van der Waals surface area contributed by atoms with Crippen molar-refractivity contribution < 1.29 is 18.9 Å². The molecule has 0 aromatic heterocycles. The zero-order chi connectivity index (χ0) is 25.3. The molecule has 2 aliphatic heterocycles. The van der Waals surface area contributed by atoms with Gasteiger partial charge >= 0.3 is 0 Å². The average Bonchev–Trinajstić information content (AvgIpc) is 2.91. The maximum absolute atomic E-state index is 5.89. The monoisotopic (exact) mass is 488 g/mol. The molecule has 0 amide bonds. The van der Waals surface area contributed by atoms with Crippen molar-refractivity contribution in [3.63, 3.8) is 0 Å². The van der Waals surface area contributed by atoms with Crippen molar-refractivity contribution in [1.29, 1.82) is 0 Å². The minimum Gasteiger partial charge on any atom is -0.494 e. The van der Waals surface area contributed by atoms with Gasteiger partial charge in [0.2, 0.25) is 0 Å². The van der Waals surface area contributed by atoms with Gasteiger partial charge in [-0.15, -0.1) is 0 Å². The number of hydrogen-bond acceptors (Lipinski definition) is 6. The highest BCUT2D eigenvalue weighted by atomic mass is 16.5. The predicted molar refractivity (Wildman–Crippen MR) is 144 cm³/mol. The summed E-state index contributed by atoms with van der Waals surface area (Å²) in [6.45, 7) is 9.22. The number of rotatable bonds is 9. The first kappa shape index (κ1) is 25.5. The van der Waals surface area contributed by atoms with Crippen LogP contribution in [0.2, 0.25) is 0 Å². The van der Waals surface area contributed by atoms with E-state index in [0.717, 1.165) is 73.7 Å². The Bertz CT molecular complexity index is 1090. The van der Waals surface area contributed by atoms with Crippen molar-refractivity contribution >= 4 is 11.4 Å². The molecule has 2 fully saturated rings. The largest absolute Gasteiger partial charge is 0.494 e. The van der Waals surface area contributed by atoms with Gasteiger partial charge in [-0.25, -0.2) is 0 Å². The summed E-state index contributed by atoms with van der Waals surface area (Å²) >= 11 is 0. The maximum atomic E-state index is 5.89. The van der Waals surface area contributed by atoms with Gasteiger partial charge in [0, 0.05) is 38.3 Å². The minimum atomic E-state index is 0.624. The third-order valence-corrected chi connectivity index (χ3v) is 7.24. The second-order valence-corrected chi connectivity index (χ2v) is 9.21. The molecule has 0 N–H and O–H groups in total. The number of hydrogen-bond donors (Lipinski definition) is 0. The molecule has 0 radical (unpaired) electrons. The molecule has 0 saturated carbocycles. The van der Waals surface area contributed by atoms with Crippen LogP contribution in [0.25, 0.3) is 0 Å². The Morgan fingerprint density at radius 2 is 1.19 bits per heavy atom. The Hall–Kier alpha value is -3.64. The molecule has 0 aliphatic carbocycles. The molecule has 36 heavy (non-hydrogen) atoms. The van der Waals surface area contributed by atoms with E-state index in [4.69, 9.17) is 31.8 Å². The smallest absolute Gasteiger partial charge is 0.163 e. The molecule has 2 heterocycles. The third-order valence-electron chi connectivity index (χ3n) is 7.24. The molecule has 6 heteroatoms. The first-order valence-electron chi connectivity index (χ1n) is 12.9. The van der Waals surface area contributed by atoms with Crippen LogP contribution in [0.15, 0.2) is 36.4 Å². The minimum absolute atomic E-state index is 0.624. The van der Waals surface area contributed by atoms with E-state index >= 15 is 0 Å². The molecule has 0 atom stereocenters. The fourth-order valence-electron chi connectivity index (χ4n) is 5.53. The number of nitrogens with zero attached hydrogens (tertiary/aromatic N) is 2. The first-order chi connectivity index (χ1) is 17.7. The van der Waals surface area contributed by atoms with E-state index in [-0.39, 0.29) is 0 Å². The molecule has 6 nitrogen and oxygen atoms in total. The molecule has 2 aliphatic rings. The van der Waals surface area contributed by atoms with Crippen molar-refractivity contribution in [3.8, 4) is 48.1 Å². The van der Waals surface area contributed by atoms with Crippen molar-refractivity contribution in [1.82, 2.24) is 0 Å². The number of ether oxygens (including phenoxy) is 4. The van der Waals surface area contributed by atoms with Crippen LogP contribution >= 0.6 is 0 Å². The van der Waals surface area contributed by atoms with Gasteiger partial charge in [0.05, 0.1) is 24.6 Å². The van der Waals surface area contributed by atoms with Gasteiger partial charge in [-0.1, -0.05) is 12.8 Å². The second-order valence-electron chi connectivity index (χ2n) is 9.21. The zero-order valence-corrected chi connectivity index (χ0v) is 21.4. The standard InChI is InChI=1S/C30H36N2O4/c1-5-33-25-9-11-29(35-7-3)27(21-25)31-17-13-23(14-18-31)24-15-19-32(20-16-24)28-22-26(34-6-2)10-12-30(28)36-8-4/h1,4,9-12,21-24H,6-7,13-20H2,2-3H3. The van der Waals surface area contributed by atoms with Crippen LogP contribution in [0, 0.1) is 36.9 Å². The molecule has 0 unspecified atom stereocenters. The molecule has 4 rings (SSSR count). The summed E-state index contributed by atoms with van der Waals surface area (Å²) in [6.07, 6.45) is 20.0. The SMILES string of the molecule is C#COc1ccc(OCC)c(N2CCC(C3CCN(c4cc(OCC)ccc4OC#C)CC3)CC2)c1. The molecule has 190 valence electrons. The summed E-state index contributed by atoms with van der Waals surface area (Å²) in [5.74, 6) is 4.56. The molecule has 0 bridgehead atoms. The normalized spacial score (nSPS) is 16.7. The van der Waals surface area contributed by atoms with E-state index in [1.165, 1.54) is 12.8 Å². The molecule has 2 aromatic rings. The van der Waals surface area contributed by atoms with Gasteiger partial charge in [-0.05, 0) is 75.6 Å². The number of terminal acetylenes is 2. The average molecular weight is 489 g/mol. The van der Waals surface area contributed by atoms with Gasteiger partial charge in [0.25, 0.3) is 0 Å². The summed E-state index contributed by atoms with van der Waals surface area (Å²) in [5.41, 5.74) is 2.08. The highest BCUT2D eigenvalue weighted by molar-refractivity contribution is 5.63. The van der Waals surface area contributed by atoms with Crippen LogP contribution in [0.4, 0.5) is 11.4 Å². The lowest BCUT2D eigenvalue weighted by molar-refractivity contribution is 0.232. The van der Waals surface area contributed by atoms with Gasteiger partial charge in [0.15, 0.2) is 5.75 Å². The van der Waals surface area contributed by atoms with E-state index in [1.807, 2.05) is 50.2 Å². The second kappa shape index (κ2) is 12.4. The fourth-order valence-corrected chi connectivity index (χ4v) is 5.53. The van der Waals surface area contributed by atoms with Crippen molar-refractivity contribution in [3.05, 3.63) is 36.4 Å². The summed E-state index contributed by atoms with van der Waals surface area (Å²) in [6, 6.07) is 11.7.